The number of phenolic OH excluding ortho intramolecular Hbond substituents is 1. The van der Waals surface area contributed by atoms with E-state index in [4.69, 9.17) is 9.47 Å². The summed E-state index contributed by atoms with van der Waals surface area (Å²) >= 11 is 4.27. The van der Waals surface area contributed by atoms with Crippen LogP contribution in [0.4, 0.5) is 4.79 Å². The van der Waals surface area contributed by atoms with Crippen molar-refractivity contribution in [2.75, 3.05) is 18.9 Å². The Kier molecular flexibility index (Phi) is 10.9. The van der Waals surface area contributed by atoms with Crippen LogP contribution in [-0.2, 0) is 23.9 Å². The Morgan fingerprint density at radius 1 is 1.17 bits per heavy atom. The van der Waals surface area contributed by atoms with Crippen molar-refractivity contribution < 1.29 is 33.8 Å². The topological polar surface area (TPSA) is 134 Å². The van der Waals surface area contributed by atoms with Crippen molar-refractivity contribution in [3.05, 3.63) is 29.8 Å². The van der Waals surface area contributed by atoms with Gasteiger partial charge in [0.2, 0.25) is 11.8 Å². The molecule has 0 aliphatic heterocycles. The maximum Gasteiger partial charge on any atom is 0.408 e. The van der Waals surface area contributed by atoms with E-state index < -0.39 is 41.6 Å². The minimum absolute atomic E-state index is 0.00588. The van der Waals surface area contributed by atoms with E-state index in [2.05, 4.69) is 23.3 Å². The van der Waals surface area contributed by atoms with E-state index in [9.17, 15) is 24.3 Å². The number of benzene rings is 1. The summed E-state index contributed by atoms with van der Waals surface area (Å²) in [5.41, 5.74) is -0.271. The van der Waals surface area contributed by atoms with E-state index in [0.717, 1.165) is 6.42 Å². The molecule has 1 saturated carbocycles. The number of nitrogens with one attached hydrogen (secondary N) is 2. The van der Waals surface area contributed by atoms with Gasteiger partial charge in [-0.1, -0.05) is 12.1 Å². The average molecular weight is 524 g/mol. The molecule has 200 valence electrons. The standard InChI is InChI=1S/C25H37N3O7S/c1-5-34-20(30)13-14-26-22(31)21(16-9-11-18(29)12-10-16)28(17-7-6-8-17)23(32)19(15-36)27-24(33)35-25(2,3)4/h9-12,17,19,21,29,36H,5-8,13-15H2,1-4H3,(H,26,31)(H,27,33). The first-order chi connectivity index (χ1) is 17.0. The Morgan fingerprint density at radius 3 is 2.31 bits per heavy atom. The zero-order chi connectivity index (χ0) is 26.9. The molecule has 0 heterocycles. The lowest BCUT2D eigenvalue weighted by Gasteiger charge is -2.43. The van der Waals surface area contributed by atoms with Crippen molar-refractivity contribution in [3.63, 3.8) is 0 Å². The second-order valence-electron chi connectivity index (χ2n) is 9.55. The highest BCUT2D eigenvalue weighted by Gasteiger charge is 2.41. The minimum Gasteiger partial charge on any atom is -0.508 e. The number of carbonyl (C=O) groups excluding carboxylic acids is 4. The van der Waals surface area contributed by atoms with E-state index in [-0.39, 0.29) is 37.1 Å². The lowest BCUT2D eigenvalue weighted by Crippen LogP contribution is -2.58. The first kappa shape index (κ1) is 29.3. The summed E-state index contributed by atoms with van der Waals surface area (Å²) in [7, 11) is 0. The summed E-state index contributed by atoms with van der Waals surface area (Å²) in [4.78, 5) is 52.8. The first-order valence-corrected chi connectivity index (χ1v) is 12.7. The number of alkyl carbamates (subject to hydrolysis) is 1. The van der Waals surface area contributed by atoms with Gasteiger partial charge in [0.05, 0.1) is 13.0 Å². The van der Waals surface area contributed by atoms with Crippen LogP contribution in [0.3, 0.4) is 0 Å². The smallest absolute Gasteiger partial charge is 0.408 e. The van der Waals surface area contributed by atoms with Crippen molar-refractivity contribution in [3.8, 4) is 5.75 Å². The Morgan fingerprint density at radius 2 is 1.81 bits per heavy atom. The quantitative estimate of drug-likeness (QED) is 0.259. The normalized spacial score (nSPS) is 15.1. The van der Waals surface area contributed by atoms with Gasteiger partial charge in [0.1, 0.15) is 23.4 Å². The minimum atomic E-state index is -1.05. The number of nitrogens with zero attached hydrogens (tertiary/aromatic N) is 1. The maximum absolute atomic E-state index is 13.8. The molecule has 1 aromatic carbocycles. The van der Waals surface area contributed by atoms with Gasteiger partial charge in [-0.2, -0.15) is 12.6 Å². The molecule has 1 aliphatic carbocycles. The van der Waals surface area contributed by atoms with Crippen LogP contribution in [-0.4, -0.2) is 70.5 Å². The monoisotopic (exact) mass is 523 g/mol. The first-order valence-electron chi connectivity index (χ1n) is 12.1. The van der Waals surface area contributed by atoms with E-state index in [1.165, 1.54) is 17.0 Å². The predicted molar refractivity (Wildman–Crippen MR) is 137 cm³/mol. The molecule has 3 amide bonds. The van der Waals surface area contributed by atoms with Crippen LogP contribution < -0.4 is 10.6 Å². The number of carbonyl (C=O) groups is 4. The summed E-state index contributed by atoms with van der Waals surface area (Å²) in [5, 5.41) is 15.1. The van der Waals surface area contributed by atoms with Crippen LogP contribution >= 0.6 is 12.6 Å². The molecule has 2 atom stereocenters. The van der Waals surface area contributed by atoms with E-state index in [1.54, 1.807) is 39.8 Å². The number of thiol groups is 1. The van der Waals surface area contributed by atoms with Gasteiger partial charge in [-0.05, 0) is 64.7 Å². The van der Waals surface area contributed by atoms with Crippen molar-refractivity contribution in [2.24, 2.45) is 0 Å². The summed E-state index contributed by atoms with van der Waals surface area (Å²) in [6, 6.07) is 3.71. The van der Waals surface area contributed by atoms with Gasteiger partial charge in [0.25, 0.3) is 0 Å². The van der Waals surface area contributed by atoms with Gasteiger partial charge in [0, 0.05) is 18.3 Å². The second-order valence-corrected chi connectivity index (χ2v) is 9.92. The number of ether oxygens (including phenoxy) is 2. The van der Waals surface area contributed by atoms with Crippen molar-refractivity contribution in [1.82, 2.24) is 15.5 Å². The predicted octanol–water partition coefficient (Wildman–Crippen LogP) is 2.71. The summed E-state index contributed by atoms with van der Waals surface area (Å²) in [5.74, 6) is -1.39. The number of rotatable bonds is 11. The number of hydrogen-bond donors (Lipinski definition) is 4. The molecule has 3 N–H and O–H groups in total. The highest BCUT2D eigenvalue weighted by molar-refractivity contribution is 7.80. The number of aromatic hydroxyl groups is 1. The second kappa shape index (κ2) is 13.4. The molecule has 2 rings (SSSR count). The Bertz CT molecular complexity index is 913. The van der Waals surface area contributed by atoms with Gasteiger partial charge >= 0.3 is 12.1 Å². The Hall–Kier alpha value is -2.95. The fourth-order valence-electron chi connectivity index (χ4n) is 3.71. The van der Waals surface area contributed by atoms with E-state index in [0.29, 0.717) is 18.4 Å². The molecule has 1 fully saturated rings. The third kappa shape index (κ3) is 8.61. The Labute approximate surface area is 217 Å². The van der Waals surface area contributed by atoms with Gasteiger partial charge in [0.15, 0.2) is 0 Å². The van der Waals surface area contributed by atoms with Gasteiger partial charge in [-0.15, -0.1) is 0 Å². The number of phenols is 1. The largest absolute Gasteiger partial charge is 0.508 e. The third-order valence-electron chi connectivity index (χ3n) is 5.56. The van der Waals surface area contributed by atoms with Crippen LogP contribution in [0.1, 0.15) is 65.0 Å². The molecule has 0 aromatic heterocycles. The molecule has 36 heavy (non-hydrogen) atoms. The number of esters is 1. The molecule has 1 aliphatic rings. The summed E-state index contributed by atoms with van der Waals surface area (Å²) in [6.45, 7) is 7.11. The SMILES string of the molecule is CCOC(=O)CCNC(=O)C(c1ccc(O)cc1)N(C(=O)C(CS)NC(=O)OC(C)(C)C)C1CCC1. The van der Waals surface area contributed by atoms with Gasteiger partial charge < -0.3 is 30.1 Å². The van der Waals surface area contributed by atoms with Crippen LogP contribution in [0.25, 0.3) is 0 Å². The molecular weight excluding hydrogens is 486 g/mol. The van der Waals surface area contributed by atoms with Gasteiger partial charge in [-0.25, -0.2) is 4.79 Å². The molecule has 10 nitrogen and oxygen atoms in total. The average Bonchev–Trinajstić information content (AvgIpc) is 2.75. The zero-order valence-corrected chi connectivity index (χ0v) is 22.2. The fourth-order valence-corrected chi connectivity index (χ4v) is 3.96. The fraction of sp³-hybridized carbons (Fsp3) is 0.600. The lowest BCUT2D eigenvalue weighted by molar-refractivity contribution is -0.147. The van der Waals surface area contributed by atoms with Crippen LogP contribution in [0, 0.1) is 0 Å². The van der Waals surface area contributed by atoms with Gasteiger partial charge in [-0.3, -0.25) is 14.4 Å². The molecule has 0 spiro atoms. The summed E-state index contributed by atoms with van der Waals surface area (Å²) in [6.07, 6.45) is 1.51. The molecular formula is C25H37N3O7S. The number of hydrogen-bond acceptors (Lipinski definition) is 8. The molecule has 0 saturated heterocycles. The Balaban J connectivity index is 2.33. The molecule has 0 radical (unpaired) electrons. The molecule has 0 bridgehead atoms. The third-order valence-corrected chi connectivity index (χ3v) is 5.93. The number of amides is 3. The highest BCUT2D eigenvalue weighted by atomic mass is 32.1. The lowest BCUT2D eigenvalue weighted by atomic mass is 9.88. The van der Waals surface area contributed by atoms with Crippen molar-refractivity contribution in [2.45, 2.75) is 77.1 Å². The van der Waals surface area contributed by atoms with Crippen molar-refractivity contribution in [1.29, 1.82) is 0 Å². The van der Waals surface area contributed by atoms with Crippen molar-refractivity contribution >= 4 is 36.5 Å². The van der Waals surface area contributed by atoms with E-state index in [1.807, 2.05) is 0 Å². The van der Waals surface area contributed by atoms with E-state index >= 15 is 0 Å². The highest BCUT2D eigenvalue weighted by Crippen LogP contribution is 2.34. The van der Waals surface area contributed by atoms with Crippen LogP contribution in [0.5, 0.6) is 5.75 Å². The zero-order valence-electron chi connectivity index (χ0n) is 21.3. The molecule has 11 heteroatoms. The molecule has 1 aromatic rings. The summed E-state index contributed by atoms with van der Waals surface area (Å²) < 4.78 is 10.2. The molecule has 2 unspecified atom stereocenters. The van der Waals surface area contributed by atoms with Crippen LogP contribution in [0.2, 0.25) is 0 Å². The van der Waals surface area contributed by atoms with Crippen LogP contribution in [0.15, 0.2) is 24.3 Å². The maximum atomic E-state index is 13.8.